The van der Waals surface area contributed by atoms with Crippen LogP contribution >= 0.6 is 0 Å². The van der Waals surface area contributed by atoms with Gasteiger partial charge >= 0.3 is 5.97 Å². The number of aromatic nitrogens is 2. The molecule has 4 N–H and O–H groups in total. The summed E-state index contributed by atoms with van der Waals surface area (Å²) < 4.78 is 0. The number of nitrogens with zero attached hydrogens (tertiary/aromatic N) is 2. The maximum atomic E-state index is 10.9. The Balaban J connectivity index is 2.74. The molecule has 0 aliphatic heterocycles. The molecule has 7 heteroatoms. The maximum absolute atomic E-state index is 10.9. The van der Waals surface area contributed by atoms with Gasteiger partial charge in [-0.15, -0.1) is 0 Å². The van der Waals surface area contributed by atoms with Crippen molar-refractivity contribution >= 4 is 11.9 Å². The molecule has 1 aromatic rings. The van der Waals surface area contributed by atoms with Gasteiger partial charge in [0.15, 0.2) is 0 Å². The predicted octanol–water partition coefficient (Wildman–Crippen LogP) is -0.0816. The number of carbonyl (C=O) groups excluding carboxylic acids is 1. The fourth-order valence-corrected chi connectivity index (χ4v) is 1.50. The summed E-state index contributed by atoms with van der Waals surface area (Å²) in [4.78, 5) is 29.4. The van der Waals surface area contributed by atoms with E-state index >= 15 is 0 Å². The average Bonchev–Trinajstić information content (AvgIpc) is 2.25. The van der Waals surface area contributed by atoms with E-state index in [0.29, 0.717) is 5.69 Å². The molecule has 1 aromatic heterocycles. The minimum atomic E-state index is -1.08. The van der Waals surface area contributed by atoms with Crippen molar-refractivity contribution in [3.05, 3.63) is 23.8 Å². The monoisotopic (exact) mass is 252 g/mol. The van der Waals surface area contributed by atoms with Crippen LogP contribution in [0.15, 0.2) is 12.5 Å². The van der Waals surface area contributed by atoms with Crippen LogP contribution < -0.4 is 11.1 Å². The van der Waals surface area contributed by atoms with Crippen molar-refractivity contribution < 1.29 is 14.7 Å². The van der Waals surface area contributed by atoms with Gasteiger partial charge in [0.2, 0.25) is 5.91 Å². The number of nitrogens with one attached hydrogen (secondary N) is 1. The van der Waals surface area contributed by atoms with Crippen LogP contribution in [0.4, 0.5) is 0 Å². The van der Waals surface area contributed by atoms with E-state index in [2.05, 4.69) is 15.3 Å². The van der Waals surface area contributed by atoms with E-state index in [1.54, 1.807) is 13.8 Å². The van der Waals surface area contributed by atoms with Gasteiger partial charge in [0, 0.05) is 24.7 Å². The second-order valence-electron chi connectivity index (χ2n) is 4.57. The number of nitrogens with two attached hydrogens (primary N) is 1. The molecule has 98 valence electrons. The van der Waals surface area contributed by atoms with E-state index in [1.807, 2.05) is 0 Å². The first-order valence-corrected chi connectivity index (χ1v) is 5.37. The first-order chi connectivity index (χ1) is 8.32. The van der Waals surface area contributed by atoms with E-state index in [1.165, 1.54) is 12.5 Å². The first kappa shape index (κ1) is 14.0. The minimum Gasteiger partial charge on any atom is -0.478 e. The predicted molar refractivity (Wildman–Crippen MR) is 63.7 cm³/mol. The Morgan fingerprint density at radius 2 is 2.17 bits per heavy atom. The van der Waals surface area contributed by atoms with E-state index in [9.17, 15) is 9.59 Å². The SMILES string of the molecule is CC(C)(CC(N)=O)NCc1ncncc1C(=O)O. The lowest BCUT2D eigenvalue weighted by Gasteiger charge is -2.24. The van der Waals surface area contributed by atoms with E-state index in [4.69, 9.17) is 10.8 Å². The third-order valence-corrected chi connectivity index (χ3v) is 2.38. The summed E-state index contributed by atoms with van der Waals surface area (Å²) >= 11 is 0. The van der Waals surface area contributed by atoms with Crippen LogP contribution in [0.25, 0.3) is 0 Å². The van der Waals surface area contributed by atoms with Gasteiger partial charge in [-0.25, -0.2) is 14.8 Å². The Bertz CT molecular complexity index is 459. The normalized spacial score (nSPS) is 11.2. The molecule has 0 unspecified atom stereocenters. The first-order valence-electron chi connectivity index (χ1n) is 5.37. The number of rotatable bonds is 6. The third kappa shape index (κ3) is 4.10. The molecule has 7 nitrogen and oxygen atoms in total. The van der Waals surface area contributed by atoms with Gasteiger partial charge in [-0.2, -0.15) is 0 Å². The Morgan fingerprint density at radius 1 is 1.50 bits per heavy atom. The molecule has 0 aliphatic rings. The molecular formula is C11H16N4O3. The third-order valence-electron chi connectivity index (χ3n) is 2.38. The molecule has 0 aromatic carbocycles. The summed E-state index contributed by atoms with van der Waals surface area (Å²) in [6.07, 6.45) is 2.68. The number of carboxylic acids is 1. The van der Waals surface area contributed by atoms with E-state index in [0.717, 1.165) is 0 Å². The quantitative estimate of drug-likeness (QED) is 0.651. The zero-order valence-corrected chi connectivity index (χ0v) is 10.3. The molecule has 0 bridgehead atoms. The van der Waals surface area contributed by atoms with E-state index < -0.39 is 17.4 Å². The molecule has 18 heavy (non-hydrogen) atoms. The average molecular weight is 252 g/mol. The van der Waals surface area contributed by atoms with Crippen LogP contribution in [0.2, 0.25) is 0 Å². The lowest BCUT2D eigenvalue weighted by atomic mass is 10.00. The van der Waals surface area contributed by atoms with Gasteiger partial charge in [-0.1, -0.05) is 0 Å². The Kier molecular flexibility index (Phi) is 4.33. The molecule has 0 radical (unpaired) electrons. The Hall–Kier alpha value is -2.02. The molecule has 0 aliphatic carbocycles. The Morgan fingerprint density at radius 3 is 2.72 bits per heavy atom. The maximum Gasteiger partial charge on any atom is 0.339 e. The number of primary amides is 1. The molecule has 1 rings (SSSR count). The number of amides is 1. The van der Waals surface area contributed by atoms with Gasteiger partial charge in [-0.3, -0.25) is 4.79 Å². The zero-order valence-electron chi connectivity index (χ0n) is 10.3. The van der Waals surface area contributed by atoms with Crippen molar-refractivity contribution in [2.75, 3.05) is 0 Å². The molecular weight excluding hydrogens is 236 g/mol. The van der Waals surface area contributed by atoms with Crippen molar-refractivity contribution in [2.45, 2.75) is 32.4 Å². The summed E-state index contributed by atoms with van der Waals surface area (Å²) in [7, 11) is 0. The highest BCUT2D eigenvalue weighted by molar-refractivity contribution is 5.88. The fraction of sp³-hybridized carbons (Fsp3) is 0.455. The number of hydrogen-bond acceptors (Lipinski definition) is 5. The second kappa shape index (κ2) is 5.54. The molecule has 0 saturated heterocycles. The molecule has 1 amide bonds. The van der Waals surface area contributed by atoms with Gasteiger partial charge in [0.1, 0.15) is 11.9 Å². The number of carbonyl (C=O) groups is 2. The highest BCUT2D eigenvalue weighted by Crippen LogP contribution is 2.10. The zero-order chi connectivity index (χ0) is 13.8. The standard InChI is InChI=1S/C11H16N4O3/c1-11(2,3-9(12)16)15-5-8-7(10(17)18)4-13-6-14-8/h4,6,15H,3,5H2,1-2H3,(H2,12,16)(H,17,18). The smallest absolute Gasteiger partial charge is 0.339 e. The molecule has 0 spiro atoms. The molecule has 0 fully saturated rings. The van der Waals surface area contributed by atoms with Crippen molar-refractivity contribution in [3.8, 4) is 0 Å². The van der Waals surface area contributed by atoms with Crippen molar-refractivity contribution in [2.24, 2.45) is 5.73 Å². The summed E-state index contributed by atoms with van der Waals surface area (Å²) in [6, 6.07) is 0. The number of hydrogen-bond donors (Lipinski definition) is 3. The van der Waals surface area contributed by atoms with Crippen molar-refractivity contribution in [3.63, 3.8) is 0 Å². The second-order valence-corrected chi connectivity index (χ2v) is 4.57. The van der Waals surface area contributed by atoms with Crippen LogP contribution in [-0.2, 0) is 11.3 Å². The van der Waals surface area contributed by atoms with Crippen molar-refractivity contribution in [1.82, 2.24) is 15.3 Å². The minimum absolute atomic E-state index is 0.0416. The largest absolute Gasteiger partial charge is 0.478 e. The van der Waals surface area contributed by atoms with Crippen molar-refractivity contribution in [1.29, 1.82) is 0 Å². The van der Waals surface area contributed by atoms with Gasteiger partial charge in [0.25, 0.3) is 0 Å². The van der Waals surface area contributed by atoms with Crippen LogP contribution in [0.5, 0.6) is 0 Å². The lowest BCUT2D eigenvalue weighted by molar-refractivity contribution is -0.119. The van der Waals surface area contributed by atoms with E-state index in [-0.39, 0.29) is 18.5 Å². The number of carboxylic acid groups (broad SMARTS) is 1. The van der Waals surface area contributed by atoms with Crippen LogP contribution in [0, 0.1) is 0 Å². The molecule has 1 heterocycles. The van der Waals surface area contributed by atoms with Gasteiger partial charge in [-0.05, 0) is 13.8 Å². The van der Waals surface area contributed by atoms with Gasteiger partial charge < -0.3 is 16.2 Å². The van der Waals surface area contributed by atoms with Crippen LogP contribution in [0.3, 0.4) is 0 Å². The number of aromatic carboxylic acids is 1. The highest BCUT2D eigenvalue weighted by atomic mass is 16.4. The summed E-state index contributed by atoms with van der Waals surface area (Å²) in [5.74, 6) is -1.51. The van der Waals surface area contributed by atoms with Crippen LogP contribution in [-0.4, -0.2) is 32.5 Å². The van der Waals surface area contributed by atoms with Crippen LogP contribution in [0.1, 0.15) is 36.3 Å². The Labute approximate surface area is 104 Å². The highest BCUT2D eigenvalue weighted by Gasteiger charge is 2.21. The fourth-order valence-electron chi connectivity index (χ4n) is 1.50. The lowest BCUT2D eigenvalue weighted by Crippen LogP contribution is -2.42. The molecule has 0 saturated carbocycles. The summed E-state index contributed by atoms with van der Waals surface area (Å²) in [6.45, 7) is 3.84. The molecule has 0 atom stereocenters. The summed E-state index contributed by atoms with van der Waals surface area (Å²) in [5, 5.41) is 12.0. The van der Waals surface area contributed by atoms with Gasteiger partial charge in [0.05, 0.1) is 5.69 Å². The topological polar surface area (TPSA) is 118 Å². The summed E-state index contributed by atoms with van der Waals surface area (Å²) in [5.41, 5.74) is 5.02.